The standard InChI is InChI=1S/C15H16BrNS/c16-14-3-1-2-12(8-14)9-17(15-4-5-15)10-13-6-7-18-11-13/h1-3,6-8,11,15H,4-5,9-10H2. The Bertz CT molecular complexity index is 505. The van der Waals surface area contributed by atoms with Crippen molar-refractivity contribution in [2.24, 2.45) is 0 Å². The minimum absolute atomic E-state index is 0.795. The molecular formula is C15H16BrNS. The Kier molecular flexibility index (Phi) is 3.83. The van der Waals surface area contributed by atoms with Gasteiger partial charge in [-0.2, -0.15) is 11.3 Å². The molecule has 1 fully saturated rings. The van der Waals surface area contributed by atoms with Gasteiger partial charge in [-0.1, -0.05) is 28.1 Å². The Morgan fingerprint density at radius 1 is 1.17 bits per heavy atom. The molecule has 1 aliphatic carbocycles. The van der Waals surface area contributed by atoms with Gasteiger partial charge in [0.1, 0.15) is 0 Å². The molecule has 3 heteroatoms. The maximum absolute atomic E-state index is 3.55. The lowest BCUT2D eigenvalue weighted by Gasteiger charge is -2.21. The van der Waals surface area contributed by atoms with Crippen LogP contribution in [0.5, 0.6) is 0 Å². The second-order valence-electron chi connectivity index (χ2n) is 4.90. The summed E-state index contributed by atoms with van der Waals surface area (Å²) in [4.78, 5) is 2.60. The molecule has 1 aromatic carbocycles. The van der Waals surface area contributed by atoms with Crippen molar-refractivity contribution < 1.29 is 0 Å². The van der Waals surface area contributed by atoms with Gasteiger partial charge in [0.2, 0.25) is 0 Å². The first kappa shape index (κ1) is 12.4. The van der Waals surface area contributed by atoms with Gasteiger partial charge in [0.15, 0.2) is 0 Å². The largest absolute Gasteiger partial charge is 0.292 e. The first-order chi connectivity index (χ1) is 8.81. The molecule has 0 saturated heterocycles. The Labute approximate surface area is 121 Å². The van der Waals surface area contributed by atoms with Gasteiger partial charge in [-0.05, 0) is 52.9 Å². The molecule has 0 bridgehead atoms. The lowest BCUT2D eigenvalue weighted by molar-refractivity contribution is 0.246. The topological polar surface area (TPSA) is 3.24 Å². The molecule has 1 aromatic heterocycles. The molecule has 0 spiro atoms. The molecule has 0 amide bonds. The molecule has 2 aromatic rings. The van der Waals surface area contributed by atoms with Crippen LogP contribution in [-0.2, 0) is 13.1 Å². The normalized spacial score (nSPS) is 15.2. The summed E-state index contributed by atoms with van der Waals surface area (Å²) in [5.41, 5.74) is 2.84. The third-order valence-corrected chi connectivity index (χ3v) is 4.53. The SMILES string of the molecule is Brc1cccc(CN(Cc2ccsc2)C2CC2)c1. The average molecular weight is 322 g/mol. The Morgan fingerprint density at radius 3 is 2.67 bits per heavy atom. The molecule has 0 N–H and O–H groups in total. The summed E-state index contributed by atoms with van der Waals surface area (Å²) < 4.78 is 1.17. The summed E-state index contributed by atoms with van der Waals surface area (Å²) in [5, 5.41) is 4.43. The summed E-state index contributed by atoms with van der Waals surface area (Å²) >= 11 is 5.34. The maximum atomic E-state index is 3.55. The zero-order chi connectivity index (χ0) is 12.4. The lowest BCUT2D eigenvalue weighted by Crippen LogP contribution is -2.24. The van der Waals surface area contributed by atoms with Gasteiger partial charge >= 0.3 is 0 Å². The van der Waals surface area contributed by atoms with Crippen molar-refractivity contribution in [1.29, 1.82) is 0 Å². The smallest absolute Gasteiger partial charge is 0.0248 e. The van der Waals surface area contributed by atoms with E-state index >= 15 is 0 Å². The molecule has 1 saturated carbocycles. The molecule has 3 rings (SSSR count). The van der Waals surface area contributed by atoms with E-state index in [4.69, 9.17) is 0 Å². The minimum atomic E-state index is 0.795. The zero-order valence-corrected chi connectivity index (χ0v) is 12.6. The summed E-state index contributed by atoms with van der Waals surface area (Å²) in [6.07, 6.45) is 2.72. The van der Waals surface area contributed by atoms with Crippen LogP contribution in [0.2, 0.25) is 0 Å². The van der Waals surface area contributed by atoms with Gasteiger partial charge in [-0.15, -0.1) is 0 Å². The van der Waals surface area contributed by atoms with Crippen molar-refractivity contribution in [1.82, 2.24) is 4.90 Å². The summed E-state index contributed by atoms with van der Waals surface area (Å²) in [7, 11) is 0. The van der Waals surface area contributed by atoms with Gasteiger partial charge in [0.05, 0.1) is 0 Å². The Balaban J connectivity index is 1.70. The average Bonchev–Trinajstić information content (AvgIpc) is 3.08. The van der Waals surface area contributed by atoms with Gasteiger partial charge in [0.25, 0.3) is 0 Å². The molecule has 94 valence electrons. The van der Waals surface area contributed by atoms with Crippen molar-refractivity contribution >= 4 is 27.3 Å². The molecule has 0 aliphatic heterocycles. The molecule has 0 radical (unpaired) electrons. The number of benzene rings is 1. The van der Waals surface area contributed by atoms with Crippen molar-refractivity contribution in [2.75, 3.05) is 0 Å². The highest BCUT2D eigenvalue weighted by Gasteiger charge is 2.28. The van der Waals surface area contributed by atoms with Crippen molar-refractivity contribution in [3.63, 3.8) is 0 Å². The predicted octanol–water partition coefficient (Wildman–Crippen LogP) is 4.68. The van der Waals surface area contributed by atoms with Gasteiger partial charge in [0, 0.05) is 23.6 Å². The van der Waals surface area contributed by atoms with Crippen LogP contribution in [-0.4, -0.2) is 10.9 Å². The van der Waals surface area contributed by atoms with E-state index in [2.05, 4.69) is 61.9 Å². The molecule has 0 unspecified atom stereocenters. The lowest BCUT2D eigenvalue weighted by atomic mass is 10.2. The van der Waals surface area contributed by atoms with Crippen LogP contribution in [0.3, 0.4) is 0 Å². The fourth-order valence-corrected chi connectivity index (χ4v) is 3.35. The van der Waals surface area contributed by atoms with E-state index < -0.39 is 0 Å². The molecule has 0 atom stereocenters. The van der Waals surface area contributed by atoms with E-state index in [1.165, 1.54) is 28.4 Å². The van der Waals surface area contributed by atoms with E-state index in [-0.39, 0.29) is 0 Å². The fourth-order valence-electron chi connectivity index (χ4n) is 2.24. The van der Waals surface area contributed by atoms with Crippen molar-refractivity contribution in [2.45, 2.75) is 32.0 Å². The number of hydrogen-bond acceptors (Lipinski definition) is 2. The van der Waals surface area contributed by atoms with Gasteiger partial charge in [-0.3, -0.25) is 4.90 Å². The molecule has 18 heavy (non-hydrogen) atoms. The summed E-state index contributed by atoms with van der Waals surface area (Å²) in [6.45, 7) is 2.14. The second kappa shape index (κ2) is 5.55. The molecular weight excluding hydrogens is 306 g/mol. The van der Waals surface area contributed by atoms with Crippen LogP contribution in [0.4, 0.5) is 0 Å². The summed E-state index contributed by atoms with van der Waals surface area (Å²) in [6, 6.07) is 11.7. The zero-order valence-electron chi connectivity index (χ0n) is 10.2. The summed E-state index contributed by atoms with van der Waals surface area (Å²) in [5.74, 6) is 0. The molecule has 1 heterocycles. The highest BCUT2D eigenvalue weighted by atomic mass is 79.9. The van der Waals surface area contributed by atoms with Crippen molar-refractivity contribution in [3.8, 4) is 0 Å². The predicted molar refractivity (Wildman–Crippen MR) is 80.7 cm³/mol. The molecule has 1 nitrogen and oxygen atoms in total. The Hall–Kier alpha value is -0.640. The van der Waals surface area contributed by atoms with E-state index in [9.17, 15) is 0 Å². The highest BCUT2D eigenvalue weighted by molar-refractivity contribution is 9.10. The highest BCUT2D eigenvalue weighted by Crippen LogP contribution is 2.30. The van der Waals surface area contributed by atoms with Crippen LogP contribution < -0.4 is 0 Å². The van der Waals surface area contributed by atoms with Crippen molar-refractivity contribution in [3.05, 3.63) is 56.7 Å². The van der Waals surface area contributed by atoms with E-state index in [1.54, 1.807) is 11.3 Å². The fraction of sp³-hybridized carbons (Fsp3) is 0.333. The first-order valence-electron chi connectivity index (χ1n) is 6.31. The van der Waals surface area contributed by atoms with E-state index in [0.29, 0.717) is 0 Å². The van der Waals surface area contributed by atoms with E-state index in [1.807, 2.05) is 0 Å². The third-order valence-electron chi connectivity index (χ3n) is 3.30. The Morgan fingerprint density at radius 2 is 2.00 bits per heavy atom. The monoisotopic (exact) mass is 321 g/mol. The number of rotatable bonds is 5. The number of thiophene rings is 1. The third kappa shape index (κ3) is 3.22. The van der Waals surface area contributed by atoms with Crippen LogP contribution in [0.25, 0.3) is 0 Å². The van der Waals surface area contributed by atoms with Crippen LogP contribution >= 0.6 is 27.3 Å². The van der Waals surface area contributed by atoms with Crippen LogP contribution in [0, 0.1) is 0 Å². The number of halogens is 1. The molecule has 1 aliphatic rings. The number of hydrogen-bond donors (Lipinski definition) is 0. The minimum Gasteiger partial charge on any atom is -0.292 e. The van der Waals surface area contributed by atoms with Gasteiger partial charge in [-0.25, -0.2) is 0 Å². The second-order valence-corrected chi connectivity index (χ2v) is 6.59. The maximum Gasteiger partial charge on any atom is 0.0248 e. The van der Waals surface area contributed by atoms with Gasteiger partial charge < -0.3 is 0 Å². The van der Waals surface area contributed by atoms with Crippen LogP contribution in [0.1, 0.15) is 24.0 Å². The first-order valence-corrected chi connectivity index (χ1v) is 8.04. The van der Waals surface area contributed by atoms with Crippen LogP contribution in [0.15, 0.2) is 45.6 Å². The quantitative estimate of drug-likeness (QED) is 0.773. The van der Waals surface area contributed by atoms with E-state index in [0.717, 1.165) is 19.1 Å². The number of nitrogens with zero attached hydrogens (tertiary/aromatic N) is 1.